The van der Waals surface area contributed by atoms with E-state index < -0.39 is 5.60 Å². The van der Waals surface area contributed by atoms with Crippen molar-refractivity contribution in [1.29, 1.82) is 0 Å². The molecule has 90 valence electrons. The summed E-state index contributed by atoms with van der Waals surface area (Å²) in [6.07, 6.45) is 0.682. The summed E-state index contributed by atoms with van der Waals surface area (Å²) in [6, 6.07) is 5.23. The van der Waals surface area contributed by atoms with Gasteiger partial charge in [-0.1, -0.05) is 30.7 Å². The zero-order valence-electron chi connectivity index (χ0n) is 9.63. The topological polar surface area (TPSA) is 52.5 Å². The smallest absolute Gasteiger partial charge is 0.138 e. The molecule has 0 saturated heterocycles. The van der Waals surface area contributed by atoms with Crippen LogP contribution in [0.1, 0.15) is 25.8 Å². The Morgan fingerprint density at radius 1 is 1.44 bits per heavy atom. The molecule has 3 nitrogen and oxygen atoms in total. The van der Waals surface area contributed by atoms with Gasteiger partial charge in [0.05, 0.1) is 10.6 Å². The molecule has 1 rings (SSSR count). The van der Waals surface area contributed by atoms with E-state index in [0.29, 0.717) is 24.5 Å². The molecule has 1 aromatic carbocycles. The van der Waals surface area contributed by atoms with Crippen molar-refractivity contribution in [3.8, 4) is 5.75 Å². The number of hydrogen-bond acceptors (Lipinski definition) is 3. The maximum Gasteiger partial charge on any atom is 0.138 e. The first-order valence-electron chi connectivity index (χ1n) is 5.36. The summed E-state index contributed by atoms with van der Waals surface area (Å²) < 4.78 is 0. The summed E-state index contributed by atoms with van der Waals surface area (Å²) in [4.78, 5) is 0. The van der Waals surface area contributed by atoms with Crippen molar-refractivity contribution >= 4 is 11.6 Å². The molecule has 0 spiro atoms. The van der Waals surface area contributed by atoms with Crippen LogP contribution in [0.25, 0.3) is 0 Å². The summed E-state index contributed by atoms with van der Waals surface area (Å²) in [5.41, 5.74) is 0.0215. The molecule has 1 unspecified atom stereocenters. The minimum Gasteiger partial charge on any atom is -0.506 e. The van der Waals surface area contributed by atoms with E-state index in [2.05, 4.69) is 5.32 Å². The third-order valence-electron chi connectivity index (χ3n) is 2.65. The third kappa shape index (κ3) is 3.67. The Morgan fingerprint density at radius 3 is 2.75 bits per heavy atom. The number of rotatable bonds is 5. The third-order valence-corrected chi connectivity index (χ3v) is 2.96. The van der Waals surface area contributed by atoms with Gasteiger partial charge in [-0.25, -0.2) is 0 Å². The van der Waals surface area contributed by atoms with Crippen molar-refractivity contribution in [3.63, 3.8) is 0 Å². The van der Waals surface area contributed by atoms with Crippen molar-refractivity contribution in [2.24, 2.45) is 0 Å². The van der Waals surface area contributed by atoms with Crippen LogP contribution in [-0.4, -0.2) is 22.4 Å². The number of phenolic OH excluding ortho intramolecular Hbond substituents is 1. The number of benzene rings is 1. The molecule has 0 aromatic heterocycles. The highest BCUT2D eigenvalue weighted by molar-refractivity contribution is 6.32. The average molecular weight is 244 g/mol. The molecule has 0 aliphatic heterocycles. The first kappa shape index (κ1) is 13.3. The summed E-state index contributed by atoms with van der Waals surface area (Å²) in [6.45, 7) is 4.67. The number of aliphatic hydroxyl groups is 1. The minimum absolute atomic E-state index is 0.104. The van der Waals surface area contributed by atoms with Crippen LogP contribution in [0.3, 0.4) is 0 Å². The molecule has 1 aromatic rings. The molecule has 0 aliphatic carbocycles. The van der Waals surface area contributed by atoms with Gasteiger partial charge in [0.2, 0.25) is 0 Å². The molecule has 0 saturated carbocycles. The number of aromatic hydroxyl groups is 1. The second kappa shape index (κ2) is 5.53. The molecule has 0 fully saturated rings. The van der Waals surface area contributed by atoms with E-state index in [4.69, 9.17) is 11.6 Å². The lowest BCUT2D eigenvalue weighted by molar-refractivity contribution is 0.0555. The lowest BCUT2D eigenvalue weighted by Gasteiger charge is -2.21. The fourth-order valence-corrected chi connectivity index (χ4v) is 1.49. The van der Waals surface area contributed by atoms with E-state index in [-0.39, 0.29) is 5.75 Å². The normalized spacial score (nSPS) is 14.8. The Balaban J connectivity index is 2.53. The molecule has 0 bridgehead atoms. The van der Waals surface area contributed by atoms with Crippen LogP contribution < -0.4 is 5.32 Å². The first-order valence-corrected chi connectivity index (χ1v) is 5.73. The highest BCUT2D eigenvalue weighted by atomic mass is 35.5. The first-order chi connectivity index (χ1) is 7.46. The Morgan fingerprint density at radius 2 is 2.12 bits per heavy atom. The van der Waals surface area contributed by atoms with Crippen LogP contribution >= 0.6 is 11.6 Å². The number of halogens is 1. The van der Waals surface area contributed by atoms with E-state index in [1.165, 1.54) is 0 Å². The summed E-state index contributed by atoms with van der Waals surface area (Å²) in [5.74, 6) is 0.104. The van der Waals surface area contributed by atoms with Gasteiger partial charge in [0.15, 0.2) is 0 Å². The van der Waals surface area contributed by atoms with Crippen molar-refractivity contribution < 1.29 is 10.2 Å². The van der Waals surface area contributed by atoms with E-state index in [1.807, 2.05) is 6.92 Å². The Hall–Kier alpha value is -0.770. The molecular formula is C12H18ClNO2. The van der Waals surface area contributed by atoms with Gasteiger partial charge in [-0.15, -0.1) is 0 Å². The van der Waals surface area contributed by atoms with Gasteiger partial charge in [-0.05, 0) is 19.4 Å². The molecule has 1 atom stereocenters. The van der Waals surface area contributed by atoms with Crippen LogP contribution in [0.2, 0.25) is 5.02 Å². The Bertz CT molecular complexity index is 353. The molecule has 16 heavy (non-hydrogen) atoms. The van der Waals surface area contributed by atoms with Crippen LogP contribution in [0.4, 0.5) is 0 Å². The zero-order valence-corrected chi connectivity index (χ0v) is 10.4. The fourth-order valence-electron chi connectivity index (χ4n) is 1.29. The molecule has 0 radical (unpaired) electrons. The van der Waals surface area contributed by atoms with E-state index in [9.17, 15) is 10.2 Å². The largest absolute Gasteiger partial charge is 0.506 e. The predicted molar refractivity (Wildman–Crippen MR) is 65.7 cm³/mol. The van der Waals surface area contributed by atoms with Gasteiger partial charge in [0.25, 0.3) is 0 Å². The highest BCUT2D eigenvalue weighted by Crippen LogP contribution is 2.26. The predicted octanol–water partition coefficient (Wildman–Crippen LogP) is 2.30. The molecule has 3 N–H and O–H groups in total. The van der Waals surface area contributed by atoms with Crippen molar-refractivity contribution in [2.75, 3.05) is 6.54 Å². The second-order valence-corrected chi connectivity index (χ2v) is 4.61. The highest BCUT2D eigenvalue weighted by Gasteiger charge is 2.16. The van der Waals surface area contributed by atoms with Crippen LogP contribution in [0, 0.1) is 0 Å². The van der Waals surface area contributed by atoms with Crippen molar-refractivity contribution in [2.45, 2.75) is 32.4 Å². The van der Waals surface area contributed by atoms with Crippen molar-refractivity contribution in [1.82, 2.24) is 5.32 Å². The van der Waals surface area contributed by atoms with E-state index in [0.717, 1.165) is 5.56 Å². The van der Waals surface area contributed by atoms with E-state index >= 15 is 0 Å². The number of para-hydroxylation sites is 1. The maximum atomic E-state index is 9.77. The van der Waals surface area contributed by atoms with Crippen LogP contribution in [0.5, 0.6) is 5.75 Å². The summed E-state index contributed by atoms with van der Waals surface area (Å²) >= 11 is 5.78. The van der Waals surface area contributed by atoms with Gasteiger partial charge in [-0.3, -0.25) is 0 Å². The van der Waals surface area contributed by atoms with Gasteiger partial charge in [-0.2, -0.15) is 0 Å². The lowest BCUT2D eigenvalue weighted by atomic mass is 10.0. The minimum atomic E-state index is -0.714. The quantitative estimate of drug-likeness (QED) is 0.744. The second-order valence-electron chi connectivity index (χ2n) is 4.20. The number of phenols is 1. The number of nitrogens with one attached hydrogen (secondary N) is 1. The van der Waals surface area contributed by atoms with Gasteiger partial charge in [0.1, 0.15) is 5.75 Å². The van der Waals surface area contributed by atoms with Crippen LogP contribution in [0.15, 0.2) is 18.2 Å². The summed E-state index contributed by atoms with van der Waals surface area (Å²) in [7, 11) is 0. The molecule has 0 heterocycles. The molecule has 0 aliphatic rings. The zero-order chi connectivity index (χ0) is 12.2. The standard InChI is InChI=1S/C12H18ClNO2/c1-3-12(2,16)8-14-7-9-5-4-6-10(13)11(9)15/h4-6,14-16H,3,7-8H2,1-2H3. The average Bonchev–Trinajstić information content (AvgIpc) is 2.24. The lowest BCUT2D eigenvalue weighted by Crippen LogP contribution is -2.36. The summed E-state index contributed by atoms with van der Waals surface area (Å²) in [5, 5.41) is 22.9. The monoisotopic (exact) mass is 243 g/mol. The SMILES string of the molecule is CCC(C)(O)CNCc1cccc(Cl)c1O. The van der Waals surface area contributed by atoms with Gasteiger partial charge < -0.3 is 15.5 Å². The molecule has 4 heteroatoms. The molecular weight excluding hydrogens is 226 g/mol. The fraction of sp³-hybridized carbons (Fsp3) is 0.500. The van der Waals surface area contributed by atoms with E-state index in [1.54, 1.807) is 25.1 Å². The number of hydrogen-bond donors (Lipinski definition) is 3. The Labute approximate surface area is 101 Å². The maximum absolute atomic E-state index is 9.77. The van der Waals surface area contributed by atoms with Gasteiger partial charge >= 0.3 is 0 Å². The van der Waals surface area contributed by atoms with Gasteiger partial charge in [0, 0.05) is 18.7 Å². The molecule has 0 amide bonds. The van der Waals surface area contributed by atoms with Crippen molar-refractivity contribution in [3.05, 3.63) is 28.8 Å². The van der Waals surface area contributed by atoms with Crippen LogP contribution in [-0.2, 0) is 6.54 Å². The Kier molecular flexibility index (Phi) is 4.59.